The van der Waals surface area contributed by atoms with E-state index in [9.17, 15) is 0 Å². The van der Waals surface area contributed by atoms with Crippen molar-refractivity contribution in [2.24, 2.45) is 5.73 Å². The predicted molar refractivity (Wildman–Crippen MR) is 72.1 cm³/mol. The third kappa shape index (κ3) is 1.96. The Kier molecular flexibility index (Phi) is 3.14. The van der Waals surface area contributed by atoms with Crippen LogP contribution < -0.4 is 5.73 Å². The van der Waals surface area contributed by atoms with Gasteiger partial charge in [-0.25, -0.2) is 0 Å². The zero-order valence-corrected chi connectivity index (χ0v) is 11.1. The molecular weight excluding hydrogens is 224 g/mol. The molecule has 18 heavy (non-hydrogen) atoms. The summed E-state index contributed by atoms with van der Waals surface area (Å²) in [6.45, 7) is 5.81. The number of hydrogen-bond donors (Lipinski definition) is 1. The van der Waals surface area contributed by atoms with Crippen LogP contribution in [-0.4, -0.2) is 29.7 Å². The Morgan fingerprint density at radius 2 is 2.00 bits per heavy atom. The van der Waals surface area contributed by atoms with Crippen molar-refractivity contribution in [3.8, 4) is 0 Å². The number of fused-ring (bicyclic) bond motifs is 1. The number of nitrogens with two attached hydrogens (primary N) is 1. The minimum atomic E-state index is 0.136. The standard InChI is InChI=1S/C15H22N2O/c1-12-8-15(11-16,6-7-18-12)17-9-13-4-2-3-5-14(13)10-17/h2-5,12H,6-11,16H2,1H3. The minimum Gasteiger partial charge on any atom is -0.378 e. The first-order chi connectivity index (χ1) is 8.73. The second-order valence-corrected chi connectivity index (χ2v) is 5.69. The Balaban J connectivity index is 1.83. The van der Waals surface area contributed by atoms with Crippen molar-refractivity contribution < 1.29 is 4.74 Å². The van der Waals surface area contributed by atoms with Crippen LogP contribution in [-0.2, 0) is 17.8 Å². The maximum Gasteiger partial charge on any atom is 0.0565 e. The maximum atomic E-state index is 6.12. The number of nitrogens with zero attached hydrogens (tertiary/aromatic N) is 1. The van der Waals surface area contributed by atoms with Gasteiger partial charge in [-0.2, -0.15) is 0 Å². The van der Waals surface area contributed by atoms with Crippen molar-refractivity contribution in [2.75, 3.05) is 13.2 Å². The quantitative estimate of drug-likeness (QED) is 0.866. The van der Waals surface area contributed by atoms with Crippen LogP contribution in [0.15, 0.2) is 24.3 Å². The zero-order valence-electron chi connectivity index (χ0n) is 11.1. The summed E-state index contributed by atoms with van der Waals surface area (Å²) in [6.07, 6.45) is 2.44. The molecule has 1 aromatic rings. The van der Waals surface area contributed by atoms with E-state index in [4.69, 9.17) is 10.5 Å². The molecule has 0 bridgehead atoms. The third-order valence-electron chi connectivity index (χ3n) is 4.53. The molecule has 0 saturated carbocycles. The van der Waals surface area contributed by atoms with Gasteiger partial charge in [-0.15, -0.1) is 0 Å². The summed E-state index contributed by atoms with van der Waals surface area (Å²) in [5, 5.41) is 0. The molecule has 2 atom stereocenters. The van der Waals surface area contributed by atoms with Gasteiger partial charge in [0.2, 0.25) is 0 Å². The van der Waals surface area contributed by atoms with Crippen LogP contribution in [0.5, 0.6) is 0 Å². The van der Waals surface area contributed by atoms with Crippen LogP contribution in [0.4, 0.5) is 0 Å². The van der Waals surface area contributed by atoms with E-state index in [2.05, 4.69) is 36.1 Å². The van der Waals surface area contributed by atoms with Crippen LogP contribution in [0, 0.1) is 0 Å². The molecule has 1 aromatic carbocycles. The molecule has 1 saturated heterocycles. The lowest BCUT2D eigenvalue weighted by Crippen LogP contribution is -2.56. The van der Waals surface area contributed by atoms with Gasteiger partial charge >= 0.3 is 0 Å². The Morgan fingerprint density at radius 1 is 1.33 bits per heavy atom. The van der Waals surface area contributed by atoms with Crippen molar-refractivity contribution >= 4 is 0 Å². The van der Waals surface area contributed by atoms with Gasteiger partial charge in [-0.1, -0.05) is 24.3 Å². The minimum absolute atomic E-state index is 0.136. The fraction of sp³-hybridized carbons (Fsp3) is 0.600. The Bertz CT molecular complexity index is 409. The van der Waals surface area contributed by atoms with E-state index in [0.29, 0.717) is 6.10 Å². The van der Waals surface area contributed by atoms with Crippen molar-refractivity contribution in [3.63, 3.8) is 0 Å². The van der Waals surface area contributed by atoms with Crippen molar-refractivity contribution in [3.05, 3.63) is 35.4 Å². The van der Waals surface area contributed by atoms with Gasteiger partial charge in [0.1, 0.15) is 0 Å². The Hall–Kier alpha value is -0.900. The van der Waals surface area contributed by atoms with Crippen LogP contribution in [0.3, 0.4) is 0 Å². The number of ether oxygens (including phenoxy) is 1. The van der Waals surface area contributed by atoms with Gasteiger partial charge in [0.25, 0.3) is 0 Å². The first-order valence-electron chi connectivity index (χ1n) is 6.87. The number of benzene rings is 1. The molecule has 0 aliphatic carbocycles. The molecule has 1 fully saturated rings. The molecule has 2 unspecified atom stereocenters. The van der Waals surface area contributed by atoms with E-state index in [1.165, 1.54) is 11.1 Å². The van der Waals surface area contributed by atoms with Gasteiger partial charge in [0, 0.05) is 31.8 Å². The molecule has 0 spiro atoms. The van der Waals surface area contributed by atoms with E-state index in [-0.39, 0.29) is 5.54 Å². The molecule has 2 aliphatic heterocycles. The van der Waals surface area contributed by atoms with Gasteiger partial charge < -0.3 is 10.5 Å². The highest BCUT2D eigenvalue weighted by atomic mass is 16.5. The van der Waals surface area contributed by atoms with Crippen LogP contribution in [0.1, 0.15) is 30.9 Å². The second kappa shape index (κ2) is 4.65. The Morgan fingerprint density at radius 3 is 2.56 bits per heavy atom. The van der Waals surface area contributed by atoms with E-state index in [0.717, 1.165) is 39.1 Å². The fourth-order valence-corrected chi connectivity index (χ4v) is 3.42. The van der Waals surface area contributed by atoms with Crippen molar-refractivity contribution in [2.45, 2.75) is 44.5 Å². The molecule has 2 N–H and O–H groups in total. The van der Waals surface area contributed by atoms with E-state index >= 15 is 0 Å². The van der Waals surface area contributed by atoms with Gasteiger partial charge in [-0.3, -0.25) is 4.90 Å². The largest absolute Gasteiger partial charge is 0.378 e. The lowest BCUT2D eigenvalue weighted by atomic mass is 9.85. The summed E-state index contributed by atoms with van der Waals surface area (Å²) in [5.41, 5.74) is 9.18. The molecule has 3 heteroatoms. The normalized spacial score (nSPS) is 32.4. The summed E-state index contributed by atoms with van der Waals surface area (Å²) >= 11 is 0. The van der Waals surface area contributed by atoms with E-state index < -0.39 is 0 Å². The smallest absolute Gasteiger partial charge is 0.0565 e. The maximum absolute atomic E-state index is 6.12. The van der Waals surface area contributed by atoms with E-state index in [1.54, 1.807) is 0 Å². The summed E-state index contributed by atoms with van der Waals surface area (Å²) in [6, 6.07) is 8.73. The van der Waals surface area contributed by atoms with Crippen LogP contribution in [0.2, 0.25) is 0 Å². The van der Waals surface area contributed by atoms with Gasteiger partial charge in [0.15, 0.2) is 0 Å². The van der Waals surface area contributed by atoms with Crippen LogP contribution >= 0.6 is 0 Å². The lowest BCUT2D eigenvalue weighted by molar-refractivity contribution is -0.0659. The first-order valence-corrected chi connectivity index (χ1v) is 6.87. The molecule has 2 aliphatic rings. The molecule has 0 radical (unpaired) electrons. The monoisotopic (exact) mass is 246 g/mol. The molecule has 0 aromatic heterocycles. The van der Waals surface area contributed by atoms with Crippen LogP contribution in [0.25, 0.3) is 0 Å². The number of rotatable bonds is 2. The fourth-order valence-electron chi connectivity index (χ4n) is 3.42. The van der Waals surface area contributed by atoms with Gasteiger partial charge in [0.05, 0.1) is 6.10 Å². The zero-order chi connectivity index (χ0) is 12.6. The highest BCUT2D eigenvalue weighted by Crippen LogP contribution is 2.36. The molecule has 0 amide bonds. The molecule has 3 nitrogen and oxygen atoms in total. The highest BCUT2D eigenvalue weighted by molar-refractivity contribution is 5.31. The first kappa shape index (κ1) is 12.2. The molecule has 3 rings (SSSR count). The molecule has 98 valence electrons. The number of hydrogen-bond acceptors (Lipinski definition) is 3. The molecule has 2 heterocycles. The van der Waals surface area contributed by atoms with Crippen molar-refractivity contribution in [1.29, 1.82) is 0 Å². The molecular formula is C15H22N2O. The third-order valence-corrected chi connectivity index (χ3v) is 4.53. The SMILES string of the molecule is CC1CC(CN)(N2Cc3ccccc3C2)CCO1. The Labute approximate surface area is 109 Å². The average molecular weight is 246 g/mol. The van der Waals surface area contributed by atoms with E-state index in [1.807, 2.05) is 0 Å². The summed E-state index contributed by atoms with van der Waals surface area (Å²) in [7, 11) is 0. The topological polar surface area (TPSA) is 38.5 Å². The van der Waals surface area contributed by atoms with Gasteiger partial charge in [-0.05, 0) is 30.9 Å². The summed E-state index contributed by atoms with van der Waals surface area (Å²) < 4.78 is 5.69. The highest BCUT2D eigenvalue weighted by Gasteiger charge is 2.41. The summed E-state index contributed by atoms with van der Waals surface area (Å²) in [4.78, 5) is 2.57. The lowest BCUT2D eigenvalue weighted by Gasteiger charge is -2.45. The predicted octanol–water partition coefficient (Wildman–Crippen LogP) is 1.90. The second-order valence-electron chi connectivity index (χ2n) is 5.69. The van der Waals surface area contributed by atoms with Crippen molar-refractivity contribution in [1.82, 2.24) is 4.90 Å². The average Bonchev–Trinajstić information content (AvgIpc) is 2.83. The summed E-state index contributed by atoms with van der Waals surface area (Å²) in [5.74, 6) is 0.